The summed E-state index contributed by atoms with van der Waals surface area (Å²) in [4.78, 5) is 30.2. The monoisotopic (exact) mass is 334 g/mol. The largest absolute Gasteiger partial charge is 0.475 e. The SMILES string of the molecule is N#Cc1c[nH]c(=O)c2cc3ccnc(OC[C@@H]4CCC(=O)N4)c3cc12. The number of pyridine rings is 2. The fourth-order valence-corrected chi connectivity index (χ4v) is 3.09. The number of nitrogens with one attached hydrogen (secondary N) is 2. The van der Waals surface area contributed by atoms with Crippen molar-refractivity contribution >= 4 is 27.5 Å². The number of carbonyl (C=O) groups is 1. The van der Waals surface area contributed by atoms with E-state index < -0.39 is 0 Å². The van der Waals surface area contributed by atoms with E-state index in [1.165, 1.54) is 6.20 Å². The lowest BCUT2D eigenvalue weighted by Crippen LogP contribution is -2.31. The molecule has 1 atom stereocenters. The normalized spacial score (nSPS) is 16.8. The van der Waals surface area contributed by atoms with Gasteiger partial charge in [0.25, 0.3) is 5.56 Å². The van der Waals surface area contributed by atoms with Gasteiger partial charge in [-0.2, -0.15) is 5.26 Å². The van der Waals surface area contributed by atoms with E-state index in [-0.39, 0.29) is 17.5 Å². The van der Waals surface area contributed by atoms with Crippen LogP contribution in [0.15, 0.2) is 35.4 Å². The van der Waals surface area contributed by atoms with Crippen LogP contribution >= 0.6 is 0 Å². The van der Waals surface area contributed by atoms with Crippen LogP contribution in [0.1, 0.15) is 18.4 Å². The Balaban J connectivity index is 1.79. The van der Waals surface area contributed by atoms with Gasteiger partial charge in [-0.05, 0) is 30.0 Å². The highest BCUT2D eigenvalue weighted by atomic mass is 16.5. The topological polar surface area (TPSA) is 108 Å². The van der Waals surface area contributed by atoms with Crippen molar-refractivity contribution in [1.82, 2.24) is 15.3 Å². The number of rotatable bonds is 3. The van der Waals surface area contributed by atoms with Crippen LogP contribution in [0.4, 0.5) is 0 Å². The molecular weight excluding hydrogens is 320 g/mol. The number of hydrogen-bond acceptors (Lipinski definition) is 5. The van der Waals surface area contributed by atoms with Crippen molar-refractivity contribution in [3.63, 3.8) is 0 Å². The maximum absolute atomic E-state index is 12.1. The van der Waals surface area contributed by atoms with Gasteiger partial charge in [0, 0.05) is 35.0 Å². The van der Waals surface area contributed by atoms with Crippen LogP contribution in [0.2, 0.25) is 0 Å². The van der Waals surface area contributed by atoms with Crippen molar-refractivity contribution < 1.29 is 9.53 Å². The third-order valence-corrected chi connectivity index (χ3v) is 4.38. The molecule has 0 aliphatic carbocycles. The molecule has 0 saturated carbocycles. The summed E-state index contributed by atoms with van der Waals surface area (Å²) in [6.45, 7) is 0.330. The third-order valence-electron chi connectivity index (χ3n) is 4.38. The molecule has 0 spiro atoms. The van der Waals surface area contributed by atoms with Gasteiger partial charge in [0.15, 0.2) is 0 Å². The highest BCUT2D eigenvalue weighted by Crippen LogP contribution is 2.28. The number of ether oxygens (including phenoxy) is 1. The molecular formula is C18H14N4O3. The molecule has 1 fully saturated rings. The smallest absolute Gasteiger partial charge is 0.255 e. The molecule has 0 bridgehead atoms. The number of H-pyrrole nitrogens is 1. The molecule has 25 heavy (non-hydrogen) atoms. The average Bonchev–Trinajstić information content (AvgIpc) is 3.04. The average molecular weight is 334 g/mol. The molecule has 1 saturated heterocycles. The van der Waals surface area contributed by atoms with Crippen LogP contribution in [0, 0.1) is 11.3 Å². The van der Waals surface area contributed by atoms with Crippen LogP contribution in [0.3, 0.4) is 0 Å². The Bertz CT molecular complexity index is 1100. The lowest BCUT2D eigenvalue weighted by Gasteiger charge is -2.13. The first-order valence-corrected chi connectivity index (χ1v) is 7.92. The Morgan fingerprint density at radius 1 is 1.28 bits per heavy atom. The maximum atomic E-state index is 12.1. The molecule has 4 rings (SSSR count). The Morgan fingerprint density at radius 3 is 2.92 bits per heavy atom. The summed E-state index contributed by atoms with van der Waals surface area (Å²) in [6.07, 6.45) is 4.26. The van der Waals surface area contributed by atoms with E-state index >= 15 is 0 Å². The first kappa shape index (κ1) is 15.1. The van der Waals surface area contributed by atoms with Gasteiger partial charge in [-0.1, -0.05) is 0 Å². The minimum atomic E-state index is -0.246. The first-order valence-electron chi connectivity index (χ1n) is 7.92. The summed E-state index contributed by atoms with van der Waals surface area (Å²) in [5.41, 5.74) is 0.137. The zero-order valence-corrected chi connectivity index (χ0v) is 13.2. The molecule has 1 aromatic carbocycles. The Morgan fingerprint density at radius 2 is 2.16 bits per heavy atom. The van der Waals surface area contributed by atoms with Gasteiger partial charge in [0.2, 0.25) is 11.8 Å². The van der Waals surface area contributed by atoms with Gasteiger partial charge >= 0.3 is 0 Å². The number of aromatic nitrogens is 2. The molecule has 3 aromatic rings. The summed E-state index contributed by atoms with van der Waals surface area (Å²) >= 11 is 0. The zero-order chi connectivity index (χ0) is 17.4. The van der Waals surface area contributed by atoms with Gasteiger partial charge < -0.3 is 15.0 Å². The number of benzene rings is 1. The second-order valence-corrected chi connectivity index (χ2v) is 5.99. The first-order chi connectivity index (χ1) is 12.2. The van der Waals surface area contributed by atoms with Gasteiger partial charge in [0.1, 0.15) is 12.7 Å². The number of amides is 1. The predicted molar refractivity (Wildman–Crippen MR) is 91.2 cm³/mol. The highest BCUT2D eigenvalue weighted by Gasteiger charge is 2.21. The number of fused-ring (bicyclic) bond motifs is 2. The van der Waals surface area contributed by atoms with Gasteiger partial charge in [-0.15, -0.1) is 0 Å². The Labute approximate surface area is 142 Å². The van der Waals surface area contributed by atoms with E-state index in [2.05, 4.69) is 21.4 Å². The lowest BCUT2D eigenvalue weighted by molar-refractivity contribution is -0.119. The Hall–Kier alpha value is -3.40. The van der Waals surface area contributed by atoms with Crippen LogP contribution in [0.25, 0.3) is 21.5 Å². The van der Waals surface area contributed by atoms with Gasteiger partial charge in [0.05, 0.1) is 11.6 Å². The lowest BCUT2D eigenvalue weighted by atomic mass is 10.0. The van der Waals surface area contributed by atoms with E-state index in [0.717, 1.165) is 17.2 Å². The Kier molecular flexibility index (Phi) is 3.58. The number of aromatic amines is 1. The van der Waals surface area contributed by atoms with Crippen molar-refractivity contribution in [2.75, 3.05) is 6.61 Å². The van der Waals surface area contributed by atoms with E-state index in [9.17, 15) is 14.9 Å². The van der Waals surface area contributed by atoms with Crippen molar-refractivity contribution in [2.45, 2.75) is 18.9 Å². The van der Waals surface area contributed by atoms with Crippen molar-refractivity contribution in [3.05, 3.63) is 46.5 Å². The molecule has 3 heterocycles. The maximum Gasteiger partial charge on any atom is 0.255 e. The molecule has 7 heteroatoms. The van der Waals surface area contributed by atoms with Crippen molar-refractivity contribution in [1.29, 1.82) is 5.26 Å². The summed E-state index contributed by atoms with van der Waals surface area (Å²) in [6, 6.07) is 7.34. The minimum absolute atomic E-state index is 0.0254. The van der Waals surface area contributed by atoms with Gasteiger partial charge in [-0.25, -0.2) is 4.98 Å². The summed E-state index contributed by atoms with van der Waals surface area (Å²) in [7, 11) is 0. The molecule has 1 amide bonds. The number of carbonyl (C=O) groups excluding carboxylic acids is 1. The predicted octanol–water partition coefficient (Wildman–Crippen LogP) is 1.61. The molecule has 0 unspecified atom stereocenters. The number of hydrogen-bond donors (Lipinski definition) is 2. The van der Waals surface area contributed by atoms with E-state index in [1.54, 1.807) is 24.4 Å². The standard InChI is InChI=1S/C18H14N4O3/c19-7-11-8-21-17(24)15-5-10-3-4-20-18(14(10)6-13(11)15)25-9-12-1-2-16(23)22-12/h3-6,8,12H,1-2,9H2,(H,21,24)(H,22,23)/t12-/m0/s1. The zero-order valence-electron chi connectivity index (χ0n) is 13.2. The van der Waals surface area contributed by atoms with E-state index in [0.29, 0.717) is 35.2 Å². The number of nitrogens with zero attached hydrogens (tertiary/aromatic N) is 2. The highest BCUT2D eigenvalue weighted by molar-refractivity contribution is 6.01. The fourth-order valence-electron chi connectivity index (χ4n) is 3.09. The minimum Gasteiger partial charge on any atom is -0.475 e. The van der Waals surface area contributed by atoms with Crippen LogP contribution < -0.4 is 15.6 Å². The molecule has 124 valence electrons. The number of nitriles is 1. The molecule has 2 N–H and O–H groups in total. The van der Waals surface area contributed by atoms with Crippen LogP contribution in [-0.4, -0.2) is 28.5 Å². The second kappa shape index (κ2) is 5.91. The third kappa shape index (κ3) is 2.68. The second-order valence-electron chi connectivity index (χ2n) is 5.99. The molecule has 7 nitrogen and oxygen atoms in total. The van der Waals surface area contributed by atoms with Crippen LogP contribution in [0.5, 0.6) is 5.88 Å². The van der Waals surface area contributed by atoms with E-state index in [4.69, 9.17) is 4.74 Å². The van der Waals surface area contributed by atoms with Crippen LogP contribution in [-0.2, 0) is 4.79 Å². The van der Waals surface area contributed by atoms with E-state index in [1.807, 2.05) is 0 Å². The fraction of sp³-hybridized carbons (Fsp3) is 0.222. The molecule has 0 radical (unpaired) electrons. The molecule has 2 aromatic heterocycles. The summed E-state index contributed by atoms with van der Waals surface area (Å²) < 4.78 is 5.81. The summed E-state index contributed by atoms with van der Waals surface area (Å²) in [5, 5.41) is 14.7. The molecule has 1 aliphatic heterocycles. The van der Waals surface area contributed by atoms with Crippen molar-refractivity contribution in [2.24, 2.45) is 0 Å². The van der Waals surface area contributed by atoms with Gasteiger partial charge in [-0.3, -0.25) is 9.59 Å². The van der Waals surface area contributed by atoms with Crippen molar-refractivity contribution in [3.8, 4) is 11.9 Å². The summed E-state index contributed by atoms with van der Waals surface area (Å²) in [5.74, 6) is 0.452. The molecule has 1 aliphatic rings. The quantitative estimate of drug-likeness (QED) is 0.707.